The zero-order chi connectivity index (χ0) is 21.9. The lowest BCUT2D eigenvalue weighted by Gasteiger charge is -2.21. The van der Waals surface area contributed by atoms with Crippen LogP contribution in [-0.4, -0.2) is 42.5 Å². The highest BCUT2D eigenvalue weighted by Gasteiger charge is 2.14. The van der Waals surface area contributed by atoms with Crippen molar-refractivity contribution in [1.29, 1.82) is 0 Å². The van der Waals surface area contributed by atoms with Gasteiger partial charge in [0.1, 0.15) is 5.75 Å². The zero-order valence-corrected chi connectivity index (χ0v) is 18.4. The predicted octanol–water partition coefficient (Wildman–Crippen LogP) is 4.79. The molecule has 6 heteroatoms. The minimum atomic E-state index is -0.164. The Morgan fingerprint density at radius 1 is 0.967 bits per heavy atom. The molecular formula is C24H33N3O3. The smallest absolute Gasteiger partial charge is 0.253 e. The molecule has 0 saturated carbocycles. The minimum absolute atomic E-state index is 0.0294. The number of anilines is 2. The summed E-state index contributed by atoms with van der Waals surface area (Å²) in [5, 5.41) is 5.95. The predicted molar refractivity (Wildman–Crippen MR) is 122 cm³/mol. The number of carbonyl (C=O) groups excluding carboxylic acids is 2. The number of rotatable bonds is 11. The van der Waals surface area contributed by atoms with Gasteiger partial charge in [0.25, 0.3) is 5.91 Å². The third-order valence-electron chi connectivity index (χ3n) is 4.35. The van der Waals surface area contributed by atoms with Crippen molar-refractivity contribution < 1.29 is 14.3 Å². The molecule has 0 atom stereocenters. The monoisotopic (exact) mass is 411 g/mol. The molecule has 162 valence electrons. The second kappa shape index (κ2) is 11.9. The van der Waals surface area contributed by atoms with Crippen molar-refractivity contribution in [3.63, 3.8) is 0 Å². The first kappa shape index (κ1) is 23.3. The number of ether oxygens (including phenoxy) is 1. The molecule has 0 aliphatic heterocycles. The molecule has 2 aromatic rings. The van der Waals surface area contributed by atoms with Crippen LogP contribution in [0.2, 0.25) is 0 Å². The maximum atomic E-state index is 12.6. The summed E-state index contributed by atoms with van der Waals surface area (Å²) in [6.45, 7) is 9.70. The van der Waals surface area contributed by atoms with Gasteiger partial charge in [-0.05, 0) is 63.1 Å². The van der Waals surface area contributed by atoms with E-state index in [0.29, 0.717) is 11.3 Å². The lowest BCUT2D eigenvalue weighted by atomic mass is 10.1. The first-order chi connectivity index (χ1) is 14.4. The highest BCUT2D eigenvalue weighted by atomic mass is 16.5. The van der Waals surface area contributed by atoms with Gasteiger partial charge in [-0.1, -0.05) is 19.9 Å². The van der Waals surface area contributed by atoms with Crippen LogP contribution in [-0.2, 0) is 4.79 Å². The summed E-state index contributed by atoms with van der Waals surface area (Å²) in [4.78, 5) is 26.8. The fourth-order valence-electron chi connectivity index (χ4n) is 3.07. The van der Waals surface area contributed by atoms with E-state index >= 15 is 0 Å². The van der Waals surface area contributed by atoms with Crippen LogP contribution in [0.5, 0.6) is 5.75 Å². The third kappa shape index (κ3) is 7.43. The maximum absolute atomic E-state index is 12.6. The highest BCUT2D eigenvalue weighted by Crippen LogP contribution is 2.18. The molecule has 0 unspecified atom stereocenters. The highest BCUT2D eigenvalue weighted by molar-refractivity contribution is 5.96. The van der Waals surface area contributed by atoms with Crippen LogP contribution in [0.15, 0.2) is 48.5 Å². The van der Waals surface area contributed by atoms with Crippen LogP contribution in [0.25, 0.3) is 0 Å². The van der Waals surface area contributed by atoms with E-state index in [0.717, 1.165) is 37.4 Å². The Bertz CT molecular complexity index is 813. The summed E-state index contributed by atoms with van der Waals surface area (Å²) < 4.78 is 5.66. The van der Waals surface area contributed by atoms with E-state index in [1.807, 2.05) is 43.0 Å². The van der Waals surface area contributed by atoms with Crippen LogP contribution in [0.4, 0.5) is 11.4 Å². The SMILES string of the molecule is CCCN(CCC)C(=O)c1ccc(NC(=O)CNc2cccc(OC(C)C)c2)cc1. The van der Waals surface area contributed by atoms with Crippen LogP contribution in [0.1, 0.15) is 50.9 Å². The van der Waals surface area contributed by atoms with Gasteiger partial charge in [-0.25, -0.2) is 0 Å². The molecule has 30 heavy (non-hydrogen) atoms. The molecule has 0 radical (unpaired) electrons. The summed E-state index contributed by atoms with van der Waals surface area (Å²) in [5.74, 6) is 0.625. The fourth-order valence-corrected chi connectivity index (χ4v) is 3.07. The summed E-state index contributed by atoms with van der Waals surface area (Å²) in [6, 6.07) is 14.6. The van der Waals surface area contributed by atoms with Crippen LogP contribution in [0.3, 0.4) is 0 Å². The second-order valence-electron chi connectivity index (χ2n) is 7.47. The largest absolute Gasteiger partial charge is 0.491 e. The lowest BCUT2D eigenvalue weighted by molar-refractivity contribution is -0.114. The van der Waals surface area contributed by atoms with Crippen molar-refractivity contribution in [1.82, 2.24) is 4.90 Å². The first-order valence-electron chi connectivity index (χ1n) is 10.6. The standard InChI is InChI=1S/C24H33N3O3/c1-5-14-27(15-6-2)24(29)19-10-12-20(13-11-19)26-23(28)17-25-21-8-7-9-22(16-21)30-18(3)4/h7-13,16,18,25H,5-6,14-15,17H2,1-4H3,(H,26,28). The van der Waals surface area contributed by atoms with Gasteiger partial charge in [0.05, 0.1) is 12.6 Å². The molecule has 0 aromatic heterocycles. The normalized spacial score (nSPS) is 10.6. The van der Waals surface area contributed by atoms with Gasteiger partial charge in [0.2, 0.25) is 5.91 Å². The molecule has 2 amide bonds. The number of hydrogen-bond donors (Lipinski definition) is 2. The van der Waals surface area contributed by atoms with Gasteiger partial charge in [-0.15, -0.1) is 0 Å². The maximum Gasteiger partial charge on any atom is 0.253 e. The van der Waals surface area contributed by atoms with E-state index in [4.69, 9.17) is 4.74 Å². The average molecular weight is 412 g/mol. The molecule has 6 nitrogen and oxygen atoms in total. The van der Waals surface area contributed by atoms with E-state index in [-0.39, 0.29) is 24.5 Å². The molecule has 0 heterocycles. The molecule has 2 N–H and O–H groups in total. The molecule has 0 spiro atoms. The molecule has 0 bridgehead atoms. The van der Waals surface area contributed by atoms with Crippen LogP contribution in [0, 0.1) is 0 Å². The van der Waals surface area contributed by atoms with Crippen molar-refractivity contribution in [2.24, 2.45) is 0 Å². The third-order valence-corrected chi connectivity index (χ3v) is 4.35. The Morgan fingerprint density at radius 3 is 2.23 bits per heavy atom. The Labute approximate surface area is 179 Å². The zero-order valence-electron chi connectivity index (χ0n) is 18.4. The van der Waals surface area contributed by atoms with Gasteiger partial charge < -0.3 is 20.3 Å². The molecule has 0 aliphatic carbocycles. The number of benzene rings is 2. The minimum Gasteiger partial charge on any atom is -0.491 e. The first-order valence-corrected chi connectivity index (χ1v) is 10.6. The van der Waals surface area contributed by atoms with Crippen molar-refractivity contribution >= 4 is 23.2 Å². The number of carbonyl (C=O) groups is 2. The number of nitrogens with zero attached hydrogens (tertiary/aromatic N) is 1. The van der Waals surface area contributed by atoms with Gasteiger partial charge >= 0.3 is 0 Å². The van der Waals surface area contributed by atoms with E-state index in [9.17, 15) is 9.59 Å². The van der Waals surface area contributed by atoms with Crippen molar-refractivity contribution in [2.45, 2.75) is 46.6 Å². The Balaban J connectivity index is 1.89. The topological polar surface area (TPSA) is 70.7 Å². The van der Waals surface area contributed by atoms with Gasteiger partial charge in [0.15, 0.2) is 0 Å². The van der Waals surface area contributed by atoms with E-state index in [1.165, 1.54) is 0 Å². The molecular weight excluding hydrogens is 378 g/mol. The van der Waals surface area contributed by atoms with E-state index in [2.05, 4.69) is 24.5 Å². The van der Waals surface area contributed by atoms with Gasteiger partial charge in [-0.3, -0.25) is 9.59 Å². The molecule has 0 aliphatic rings. The van der Waals surface area contributed by atoms with Gasteiger partial charge in [0, 0.05) is 36.1 Å². The fraction of sp³-hybridized carbons (Fsp3) is 0.417. The summed E-state index contributed by atoms with van der Waals surface area (Å²) in [7, 11) is 0. The summed E-state index contributed by atoms with van der Waals surface area (Å²) in [5.41, 5.74) is 2.11. The summed E-state index contributed by atoms with van der Waals surface area (Å²) >= 11 is 0. The number of nitrogens with one attached hydrogen (secondary N) is 2. The lowest BCUT2D eigenvalue weighted by Crippen LogP contribution is -2.32. The number of amides is 2. The van der Waals surface area contributed by atoms with Crippen molar-refractivity contribution in [3.05, 3.63) is 54.1 Å². The summed E-state index contributed by atoms with van der Waals surface area (Å²) in [6.07, 6.45) is 1.95. The van der Waals surface area contributed by atoms with Crippen LogP contribution < -0.4 is 15.4 Å². The van der Waals surface area contributed by atoms with Crippen molar-refractivity contribution in [2.75, 3.05) is 30.3 Å². The Hall–Kier alpha value is -3.02. The number of hydrogen-bond acceptors (Lipinski definition) is 4. The molecule has 2 aromatic carbocycles. The van der Waals surface area contributed by atoms with Crippen LogP contribution >= 0.6 is 0 Å². The second-order valence-corrected chi connectivity index (χ2v) is 7.47. The van der Waals surface area contributed by atoms with E-state index in [1.54, 1.807) is 24.3 Å². The Kier molecular flexibility index (Phi) is 9.19. The molecule has 2 rings (SSSR count). The Morgan fingerprint density at radius 2 is 1.63 bits per heavy atom. The van der Waals surface area contributed by atoms with Crippen molar-refractivity contribution in [3.8, 4) is 5.75 Å². The average Bonchev–Trinajstić information content (AvgIpc) is 2.72. The van der Waals surface area contributed by atoms with E-state index < -0.39 is 0 Å². The molecule has 0 saturated heterocycles. The molecule has 0 fully saturated rings. The quantitative estimate of drug-likeness (QED) is 0.558. The van der Waals surface area contributed by atoms with Gasteiger partial charge in [-0.2, -0.15) is 0 Å².